The third kappa shape index (κ3) is 3.19. The van der Waals surface area contributed by atoms with Gasteiger partial charge in [-0.25, -0.2) is 17.5 Å². The Morgan fingerprint density at radius 1 is 1.43 bits per heavy atom. The minimum atomic E-state index is -3.64. The zero-order chi connectivity index (χ0) is 15.8. The largest absolute Gasteiger partial charge is 0.478 e. The summed E-state index contributed by atoms with van der Waals surface area (Å²) in [6.45, 7) is 2.09. The van der Waals surface area contributed by atoms with Crippen LogP contribution in [0.4, 0.5) is 5.69 Å². The lowest BCUT2D eigenvalue weighted by atomic mass is 10.1. The van der Waals surface area contributed by atoms with Crippen LogP contribution in [0.3, 0.4) is 0 Å². The van der Waals surface area contributed by atoms with Crippen LogP contribution in [0.2, 0.25) is 0 Å². The predicted octanol–water partition coefficient (Wildman–Crippen LogP) is 1.85. The lowest BCUT2D eigenvalue weighted by molar-refractivity contribution is 0.0697. The lowest BCUT2D eigenvalue weighted by Gasteiger charge is -2.14. The maximum atomic E-state index is 12.1. The first-order valence-corrected chi connectivity index (χ1v) is 8.27. The number of hydrogen-bond donors (Lipinski definition) is 2. The van der Waals surface area contributed by atoms with Crippen molar-refractivity contribution in [3.05, 3.63) is 23.8 Å². The average Bonchev–Trinajstić information content (AvgIpc) is 3.16. The molecule has 1 aromatic rings. The predicted molar refractivity (Wildman–Crippen MR) is 80.1 cm³/mol. The number of benzene rings is 1. The Morgan fingerprint density at radius 3 is 2.57 bits per heavy atom. The van der Waals surface area contributed by atoms with E-state index in [-0.39, 0.29) is 16.5 Å². The number of carboxylic acids is 1. The van der Waals surface area contributed by atoms with Gasteiger partial charge in [-0.05, 0) is 30.5 Å². The maximum absolute atomic E-state index is 12.1. The van der Waals surface area contributed by atoms with E-state index >= 15 is 0 Å². The van der Waals surface area contributed by atoms with Crippen molar-refractivity contribution in [3.8, 4) is 0 Å². The second-order valence-corrected chi connectivity index (χ2v) is 7.61. The van der Waals surface area contributed by atoms with Crippen molar-refractivity contribution in [3.63, 3.8) is 0 Å². The van der Waals surface area contributed by atoms with Crippen molar-refractivity contribution >= 4 is 21.7 Å². The van der Waals surface area contributed by atoms with Gasteiger partial charge in [0.25, 0.3) is 0 Å². The lowest BCUT2D eigenvalue weighted by Crippen LogP contribution is -2.22. The summed E-state index contributed by atoms with van der Waals surface area (Å²) in [4.78, 5) is 11.4. The van der Waals surface area contributed by atoms with E-state index in [4.69, 9.17) is 0 Å². The van der Waals surface area contributed by atoms with E-state index in [1.54, 1.807) is 0 Å². The Hall–Kier alpha value is -1.60. The van der Waals surface area contributed by atoms with Gasteiger partial charge in [0, 0.05) is 25.8 Å². The van der Waals surface area contributed by atoms with Crippen LogP contribution in [0.1, 0.15) is 30.1 Å². The highest BCUT2D eigenvalue weighted by Crippen LogP contribution is 2.37. The van der Waals surface area contributed by atoms with E-state index in [0.29, 0.717) is 11.6 Å². The molecular weight excluding hydrogens is 292 g/mol. The number of aromatic carboxylic acids is 1. The summed E-state index contributed by atoms with van der Waals surface area (Å²) >= 11 is 0. The third-order valence-corrected chi connectivity index (χ3v) is 5.60. The molecular formula is C14H20N2O4S. The normalized spacial score (nSPS) is 21.3. The molecule has 21 heavy (non-hydrogen) atoms. The van der Waals surface area contributed by atoms with Gasteiger partial charge in [0.05, 0.1) is 10.5 Å². The number of rotatable bonds is 6. The van der Waals surface area contributed by atoms with Crippen LogP contribution in [0.5, 0.6) is 0 Å². The highest BCUT2D eigenvalue weighted by atomic mass is 32.2. The van der Waals surface area contributed by atoms with Crippen molar-refractivity contribution in [2.75, 3.05) is 19.4 Å². The molecule has 0 saturated heterocycles. The molecule has 2 N–H and O–H groups in total. The first-order valence-electron chi connectivity index (χ1n) is 6.83. The molecule has 1 aliphatic carbocycles. The number of sulfonamides is 1. The second-order valence-electron chi connectivity index (χ2n) is 5.45. The zero-order valence-electron chi connectivity index (χ0n) is 12.3. The molecule has 0 aromatic heterocycles. The number of carboxylic acid groups (broad SMARTS) is 1. The number of nitrogens with one attached hydrogen (secondary N) is 1. The number of nitrogens with zero attached hydrogens (tertiary/aromatic N) is 1. The number of carbonyl (C=O) groups is 1. The van der Waals surface area contributed by atoms with Crippen molar-refractivity contribution < 1.29 is 18.3 Å². The smallest absolute Gasteiger partial charge is 0.337 e. The Morgan fingerprint density at radius 2 is 2.10 bits per heavy atom. The molecule has 1 aliphatic rings. The van der Waals surface area contributed by atoms with Crippen LogP contribution in [0.15, 0.2) is 23.1 Å². The van der Waals surface area contributed by atoms with Gasteiger partial charge in [-0.15, -0.1) is 0 Å². The molecule has 6 nitrogen and oxygen atoms in total. The van der Waals surface area contributed by atoms with Crippen LogP contribution in [-0.2, 0) is 10.0 Å². The van der Waals surface area contributed by atoms with Crippen LogP contribution in [0, 0.1) is 5.92 Å². The maximum Gasteiger partial charge on any atom is 0.337 e. The van der Waals surface area contributed by atoms with Crippen LogP contribution >= 0.6 is 0 Å². The Labute approximate surface area is 124 Å². The summed E-state index contributed by atoms with van der Waals surface area (Å²) in [5.41, 5.74) is 0.459. The van der Waals surface area contributed by atoms with Crippen molar-refractivity contribution in [2.45, 2.75) is 30.7 Å². The molecule has 0 heterocycles. The molecule has 1 fully saturated rings. The fourth-order valence-electron chi connectivity index (χ4n) is 2.27. The van der Waals surface area contributed by atoms with E-state index in [0.717, 1.165) is 17.1 Å². The van der Waals surface area contributed by atoms with Crippen molar-refractivity contribution in [1.82, 2.24) is 4.31 Å². The first-order chi connectivity index (χ1) is 9.77. The van der Waals surface area contributed by atoms with Gasteiger partial charge >= 0.3 is 5.97 Å². The van der Waals surface area contributed by atoms with Crippen LogP contribution < -0.4 is 5.32 Å². The summed E-state index contributed by atoms with van der Waals surface area (Å²) in [5.74, 6) is -0.571. The van der Waals surface area contributed by atoms with E-state index in [9.17, 15) is 18.3 Å². The third-order valence-electron chi connectivity index (χ3n) is 3.79. The van der Waals surface area contributed by atoms with Crippen LogP contribution in [-0.4, -0.2) is 43.9 Å². The minimum absolute atomic E-state index is 0.0142. The average molecular weight is 312 g/mol. The number of anilines is 1. The molecule has 7 heteroatoms. The summed E-state index contributed by atoms with van der Waals surface area (Å²) in [6.07, 6.45) is 2.07. The Bertz CT molecular complexity index is 655. The highest BCUT2D eigenvalue weighted by molar-refractivity contribution is 7.89. The molecule has 2 unspecified atom stereocenters. The highest BCUT2D eigenvalue weighted by Gasteiger charge is 2.36. The monoisotopic (exact) mass is 312 g/mol. The van der Waals surface area contributed by atoms with Gasteiger partial charge < -0.3 is 10.4 Å². The number of hydrogen-bond acceptors (Lipinski definition) is 4. The van der Waals surface area contributed by atoms with E-state index in [1.807, 2.05) is 0 Å². The molecule has 116 valence electrons. The Balaban J connectivity index is 2.34. The van der Waals surface area contributed by atoms with Gasteiger partial charge in [-0.3, -0.25) is 0 Å². The van der Waals surface area contributed by atoms with Crippen molar-refractivity contribution in [1.29, 1.82) is 0 Å². The van der Waals surface area contributed by atoms with Gasteiger partial charge in [0.1, 0.15) is 0 Å². The van der Waals surface area contributed by atoms with Crippen LogP contribution in [0.25, 0.3) is 0 Å². The summed E-state index contributed by atoms with van der Waals surface area (Å²) in [5, 5.41) is 12.5. The SMILES string of the molecule is CCC1CC1Nc1ccc(S(=O)(=O)N(C)C)cc1C(=O)O. The fraction of sp³-hybridized carbons (Fsp3) is 0.500. The van der Waals surface area contributed by atoms with Crippen molar-refractivity contribution in [2.24, 2.45) is 5.92 Å². The summed E-state index contributed by atoms with van der Waals surface area (Å²) in [7, 11) is -0.806. The standard InChI is InChI=1S/C14H20N2O4S/c1-4-9-7-13(9)15-12-6-5-10(8-11(12)14(17)18)21(19,20)16(2)3/h5-6,8-9,13,15H,4,7H2,1-3H3,(H,17,18). The fourth-order valence-corrected chi connectivity index (χ4v) is 3.20. The van der Waals surface area contributed by atoms with Gasteiger partial charge in [-0.1, -0.05) is 13.3 Å². The molecule has 2 rings (SSSR count). The quantitative estimate of drug-likeness (QED) is 0.837. The molecule has 0 aliphatic heterocycles. The molecule has 0 amide bonds. The molecule has 0 radical (unpaired) electrons. The van der Waals surface area contributed by atoms with Gasteiger partial charge in [0.15, 0.2) is 0 Å². The Kier molecular flexibility index (Phi) is 4.25. The van der Waals surface area contributed by atoms with Gasteiger partial charge in [-0.2, -0.15) is 0 Å². The zero-order valence-corrected chi connectivity index (χ0v) is 13.1. The summed E-state index contributed by atoms with van der Waals surface area (Å²) in [6, 6.07) is 4.46. The first kappa shape index (κ1) is 15.8. The van der Waals surface area contributed by atoms with E-state index < -0.39 is 16.0 Å². The van der Waals surface area contributed by atoms with E-state index in [1.165, 1.54) is 32.3 Å². The molecule has 0 spiro atoms. The topological polar surface area (TPSA) is 86.7 Å². The summed E-state index contributed by atoms with van der Waals surface area (Å²) < 4.78 is 25.2. The minimum Gasteiger partial charge on any atom is -0.478 e. The molecule has 2 atom stereocenters. The second kappa shape index (κ2) is 5.65. The molecule has 0 bridgehead atoms. The van der Waals surface area contributed by atoms with E-state index in [2.05, 4.69) is 12.2 Å². The molecule has 1 saturated carbocycles. The molecule has 1 aromatic carbocycles. The van der Waals surface area contributed by atoms with Gasteiger partial charge in [0.2, 0.25) is 10.0 Å².